The van der Waals surface area contributed by atoms with E-state index in [0.29, 0.717) is 60.5 Å². The van der Waals surface area contributed by atoms with Crippen LogP contribution >= 0.6 is 0 Å². The van der Waals surface area contributed by atoms with E-state index >= 15 is 0 Å². The Kier molecular flexibility index (Phi) is 11.1. The maximum Gasteiger partial charge on any atom is 0.246 e. The molecule has 1 aromatic carbocycles. The number of benzene rings is 1. The molecule has 0 fully saturated rings. The van der Waals surface area contributed by atoms with Crippen LogP contribution in [0.5, 0.6) is 0 Å². The van der Waals surface area contributed by atoms with Gasteiger partial charge >= 0.3 is 0 Å². The molecule has 0 aliphatic rings. The lowest BCUT2D eigenvalue weighted by Crippen LogP contribution is -2.45. The van der Waals surface area contributed by atoms with Crippen LogP contribution in [0.4, 0.5) is 21.8 Å². The lowest BCUT2D eigenvalue weighted by molar-refractivity contribution is -0.135. The summed E-state index contributed by atoms with van der Waals surface area (Å²) in [6.07, 6.45) is 6.15. The zero-order chi connectivity index (χ0) is 29.1. The fourth-order valence-electron chi connectivity index (χ4n) is 3.56. The molecule has 2 amide bonds. The molecule has 3 rings (SSSR count). The van der Waals surface area contributed by atoms with Gasteiger partial charge in [0, 0.05) is 57.1 Å². The van der Waals surface area contributed by atoms with Crippen molar-refractivity contribution in [3.05, 3.63) is 60.2 Å². The molecule has 0 aliphatic carbocycles. The highest BCUT2D eigenvalue weighted by Gasteiger charge is 2.21. The molecule has 2 aromatic heterocycles. The first-order valence-electron chi connectivity index (χ1n) is 13.1. The highest BCUT2D eigenvalue weighted by molar-refractivity contribution is 5.92. The SMILES string of the molecule is CCCNc1nc(Nc2cccc(F)c2)ncc1-c1cc(CCNC(=O)C(C)N(C)C(=O)/C=C/CN(C)C)no1. The smallest absolute Gasteiger partial charge is 0.246 e. The van der Waals surface area contributed by atoms with E-state index < -0.39 is 6.04 Å². The average Bonchev–Trinajstić information content (AvgIpc) is 3.39. The first-order valence-corrected chi connectivity index (χ1v) is 13.1. The van der Waals surface area contributed by atoms with Gasteiger partial charge in [0.15, 0.2) is 5.76 Å². The second-order valence-electron chi connectivity index (χ2n) is 9.53. The molecule has 3 aromatic rings. The van der Waals surface area contributed by atoms with E-state index in [2.05, 4.69) is 31.1 Å². The largest absolute Gasteiger partial charge is 0.369 e. The Hall–Kier alpha value is -4.32. The molecule has 40 heavy (non-hydrogen) atoms. The summed E-state index contributed by atoms with van der Waals surface area (Å²) >= 11 is 0. The van der Waals surface area contributed by atoms with Crippen molar-refractivity contribution in [2.24, 2.45) is 0 Å². The number of halogens is 1. The Labute approximate surface area is 233 Å². The Balaban J connectivity index is 1.60. The standard InChI is InChI=1S/C28H37FN8O3/c1-6-13-30-26-23(18-32-28(34-26)33-21-10-7-9-20(29)16-21)24-17-22(35-40-24)12-14-31-27(39)19(2)37(5)25(38)11-8-15-36(3)4/h7-11,16-19H,6,12-15H2,1-5H3,(H,31,39)(H2,30,32,33,34)/b11-8+. The second kappa shape index (κ2) is 14.7. The molecule has 12 heteroatoms. The number of rotatable bonds is 14. The summed E-state index contributed by atoms with van der Waals surface area (Å²) in [7, 11) is 5.42. The van der Waals surface area contributed by atoms with E-state index in [0.717, 1.165) is 6.42 Å². The Morgan fingerprint density at radius 2 is 1.98 bits per heavy atom. The van der Waals surface area contributed by atoms with Crippen LogP contribution in [0.1, 0.15) is 26.0 Å². The monoisotopic (exact) mass is 552 g/mol. The highest BCUT2D eigenvalue weighted by Crippen LogP contribution is 2.28. The summed E-state index contributed by atoms with van der Waals surface area (Å²) in [5, 5.41) is 13.2. The zero-order valence-corrected chi connectivity index (χ0v) is 23.6. The van der Waals surface area contributed by atoms with E-state index in [-0.39, 0.29) is 17.6 Å². The Bertz CT molecular complexity index is 1310. The summed E-state index contributed by atoms with van der Waals surface area (Å²) in [5.41, 5.74) is 1.79. The summed E-state index contributed by atoms with van der Waals surface area (Å²) < 4.78 is 19.1. The molecule has 0 saturated heterocycles. The van der Waals surface area contributed by atoms with Crippen LogP contribution in [0.3, 0.4) is 0 Å². The topological polar surface area (TPSA) is 129 Å². The van der Waals surface area contributed by atoms with Crippen molar-refractivity contribution in [3.8, 4) is 11.3 Å². The molecule has 1 unspecified atom stereocenters. The minimum atomic E-state index is -0.631. The van der Waals surface area contributed by atoms with Gasteiger partial charge in [-0.25, -0.2) is 9.37 Å². The fourth-order valence-corrected chi connectivity index (χ4v) is 3.56. The first kappa shape index (κ1) is 30.2. The van der Waals surface area contributed by atoms with Crippen LogP contribution in [-0.2, 0) is 16.0 Å². The van der Waals surface area contributed by atoms with Gasteiger partial charge in [-0.2, -0.15) is 4.98 Å². The van der Waals surface area contributed by atoms with Crippen LogP contribution in [0.25, 0.3) is 11.3 Å². The summed E-state index contributed by atoms with van der Waals surface area (Å²) in [5.74, 6) is 0.465. The molecule has 0 aliphatic heterocycles. The molecule has 2 heterocycles. The second-order valence-corrected chi connectivity index (χ2v) is 9.53. The molecule has 0 bridgehead atoms. The minimum Gasteiger partial charge on any atom is -0.369 e. The molecular formula is C28H37FN8O3. The number of hydrogen-bond donors (Lipinski definition) is 3. The highest BCUT2D eigenvalue weighted by atomic mass is 19.1. The van der Waals surface area contributed by atoms with E-state index in [1.165, 1.54) is 23.1 Å². The van der Waals surface area contributed by atoms with Crippen LogP contribution in [0, 0.1) is 5.82 Å². The van der Waals surface area contributed by atoms with Gasteiger partial charge in [-0.3, -0.25) is 9.59 Å². The number of likely N-dealkylation sites (N-methyl/N-ethyl adjacent to an activating group) is 2. The van der Waals surface area contributed by atoms with Crippen LogP contribution in [0.15, 0.2) is 53.2 Å². The van der Waals surface area contributed by atoms with Crippen LogP contribution in [0.2, 0.25) is 0 Å². The van der Waals surface area contributed by atoms with Gasteiger partial charge in [-0.1, -0.05) is 24.2 Å². The van der Waals surface area contributed by atoms with Gasteiger partial charge in [0.2, 0.25) is 17.8 Å². The van der Waals surface area contributed by atoms with E-state index in [9.17, 15) is 14.0 Å². The van der Waals surface area contributed by atoms with Gasteiger partial charge in [0.1, 0.15) is 17.7 Å². The van der Waals surface area contributed by atoms with Gasteiger partial charge in [0.05, 0.1) is 11.3 Å². The third-order valence-corrected chi connectivity index (χ3v) is 5.96. The van der Waals surface area contributed by atoms with E-state index in [4.69, 9.17) is 4.52 Å². The van der Waals surface area contributed by atoms with E-state index in [1.807, 2.05) is 25.9 Å². The molecule has 0 saturated carbocycles. The van der Waals surface area contributed by atoms with Gasteiger partial charge in [-0.15, -0.1) is 0 Å². The van der Waals surface area contributed by atoms with Gasteiger partial charge in [-0.05, 0) is 45.6 Å². The summed E-state index contributed by atoms with van der Waals surface area (Å²) in [4.78, 5) is 37.1. The molecule has 11 nitrogen and oxygen atoms in total. The Morgan fingerprint density at radius 1 is 1.18 bits per heavy atom. The summed E-state index contributed by atoms with van der Waals surface area (Å²) in [6.45, 7) is 5.35. The van der Waals surface area contributed by atoms with Crippen molar-refractivity contribution in [3.63, 3.8) is 0 Å². The van der Waals surface area contributed by atoms with Crippen molar-refractivity contribution >= 4 is 29.3 Å². The number of aromatic nitrogens is 3. The zero-order valence-electron chi connectivity index (χ0n) is 23.6. The van der Waals surface area contributed by atoms with Crippen molar-refractivity contribution in [2.45, 2.75) is 32.7 Å². The number of anilines is 3. The van der Waals surface area contributed by atoms with Crippen LogP contribution in [-0.4, -0.2) is 83.6 Å². The molecule has 1 atom stereocenters. The maximum absolute atomic E-state index is 13.6. The number of carbonyl (C=O) groups excluding carboxylic acids is 2. The van der Waals surface area contributed by atoms with Crippen molar-refractivity contribution in [1.82, 2.24) is 30.2 Å². The summed E-state index contributed by atoms with van der Waals surface area (Å²) in [6, 6.07) is 7.19. The molecule has 3 N–H and O–H groups in total. The quantitative estimate of drug-likeness (QED) is 0.258. The predicted molar refractivity (Wildman–Crippen MR) is 153 cm³/mol. The van der Waals surface area contributed by atoms with Crippen molar-refractivity contribution in [2.75, 3.05) is 51.4 Å². The average molecular weight is 553 g/mol. The van der Waals surface area contributed by atoms with E-state index in [1.54, 1.807) is 44.4 Å². The number of nitrogens with zero attached hydrogens (tertiary/aromatic N) is 5. The van der Waals surface area contributed by atoms with Crippen LogP contribution < -0.4 is 16.0 Å². The third kappa shape index (κ3) is 8.87. The maximum atomic E-state index is 13.6. The molecule has 214 valence electrons. The number of nitrogens with one attached hydrogen (secondary N) is 3. The minimum absolute atomic E-state index is 0.238. The van der Waals surface area contributed by atoms with Gasteiger partial charge in [0.25, 0.3) is 0 Å². The number of hydrogen-bond acceptors (Lipinski definition) is 9. The predicted octanol–water partition coefficient (Wildman–Crippen LogP) is 3.46. The molecular weight excluding hydrogens is 515 g/mol. The fraction of sp³-hybridized carbons (Fsp3) is 0.393. The van der Waals surface area contributed by atoms with Crippen molar-refractivity contribution < 1.29 is 18.5 Å². The first-order chi connectivity index (χ1) is 19.2. The Morgan fingerprint density at radius 3 is 2.70 bits per heavy atom. The normalized spacial score (nSPS) is 12.0. The lowest BCUT2D eigenvalue weighted by atomic mass is 10.2. The number of amides is 2. The molecule has 0 spiro atoms. The molecule has 0 radical (unpaired) electrons. The third-order valence-electron chi connectivity index (χ3n) is 5.96. The lowest BCUT2D eigenvalue weighted by Gasteiger charge is -2.22. The van der Waals surface area contributed by atoms with Crippen molar-refractivity contribution in [1.29, 1.82) is 0 Å². The number of carbonyl (C=O) groups is 2. The van der Waals surface area contributed by atoms with Gasteiger partial charge < -0.3 is 30.3 Å².